The van der Waals surface area contributed by atoms with Crippen molar-refractivity contribution in [2.24, 2.45) is 0 Å². The molecule has 1 aromatic rings. The topological polar surface area (TPSA) is 83.9 Å². The highest BCUT2D eigenvalue weighted by Gasteiger charge is 2.41. The Bertz CT molecular complexity index is 719. The third-order valence-electron chi connectivity index (χ3n) is 4.04. The Kier molecular flexibility index (Phi) is 5.35. The number of halogens is 1. The van der Waals surface area contributed by atoms with Gasteiger partial charge in [0.15, 0.2) is 0 Å². The average molecular weight is 362 g/mol. The van der Waals surface area contributed by atoms with Crippen LogP contribution in [0, 0.1) is 13.8 Å². The zero-order valence-corrected chi connectivity index (χ0v) is 14.8. The maximum Gasteiger partial charge on any atom is 0.324 e. The van der Waals surface area contributed by atoms with E-state index in [2.05, 4.69) is 0 Å². The quantitative estimate of drug-likeness (QED) is 0.827. The molecule has 0 bridgehead atoms. The standard InChI is InChI=1S/C15H20ClNO5S/c1-9-7-14(10(2)6-12(9)16)23(20,21)17-5-4-11(18)8-13(17)15(19)22-3/h6-7,11,13,18H,4-5,8H2,1-3H3/t11-,13+/m0/s1. The van der Waals surface area contributed by atoms with Crippen molar-refractivity contribution >= 4 is 27.6 Å². The molecule has 23 heavy (non-hydrogen) atoms. The van der Waals surface area contributed by atoms with Crippen molar-refractivity contribution in [3.8, 4) is 0 Å². The summed E-state index contributed by atoms with van der Waals surface area (Å²) in [4.78, 5) is 12.1. The molecule has 6 nitrogen and oxygen atoms in total. The third-order valence-corrected chi connectivity index (χ3v) is 6.50. The van der Waals surface area contributed by atoms with Crippen molar-refractivity contribution < 1.29 is 23.1 Å². The number of hydrogen-bond donors (Lipinski definition) is 1. The fraction of sp³-hybridized carbons (Fsp3) is 0.533. The lowest BCUT2D eigenvalue weighted by Crippen LogP contribution is -2.51. The molecule has 1 heterocycles. The molecule has 1 N–H and O–H groups in total. The highest BCUT2D eigenvalue weighted by molar-refractivity contribution is 7.89. The largest absolute Gasteiger partial charge is 0.468 e. The van der Waals surface area contributed by atoms with Gasteiger partial charge in [-0.25, -0.2) is 8.42 Å². The molecule has 1 aliphatic heterocycles. The molecule has 128 valence electrons. The van der Waals surface area contributed by atoms with Crippen LogP contribution in [0.3, 0.4) is 0 Å². The minimum Gasteiger partial charge on any atom is -0.468 e. The van der Waals surface area contributed by atoms with Gasteiger partial charge in [-0.3, -0.25) is 4.79 Å². The third kappa shape index (κ3) is 3.52. The zero-order valence-electron chi connectivity index (χ0n) is 13.2. The lowest BCUT2D eigenvalue weighted by atomic mass is 10.0. The second-order valence-electron chi connectivity index (χ2n) is 5.70. The van der Waals surface area contributed by atoms with Crippen LogP contribution in [0.4, 0.5) is 0 Å². The number of hydrogen-bond acceptors (Lipinski definition) is 5. The van der Waals surface area contributed by atoms with E-state index < -0.39 is 28.1 Å². The maximum atomic E-state index is 13.0. The molecule has 8 heteroatoms. The molecule has 1 fully saturated rings. The van der Waals surface area contributed by atoms with Crippen molar-refractivity contribution in [1.29, 1.82) is 0 Å². The van der Waals surface area contributed by atoms with Crippen LogP contribution >= 0.6 is 11.6 Å². The Hall–Kier alpha value is -1.15. The first-order valence-electron chi connectivity index (χ1n) is 7.23. The van der Waals surface area contributed by atoms with Gasteiger partial charge in [-0.1, -0.05) is 11.6 Å². The SMILES string of the molecule is COC(=O)[C@H]1C[C@@H](O)CCN1S(=O)(=O)c1cc(C)c(Cl)cc1C. The number of carbonyl (C=O) groups excluding carboxylic acids is 1. The van der Waals surface area contributed by atoms with E-state index in [1.54, 1.807) is 19.9 Å². The van der Waals surface area contributed by atoms with Crippen molar-refractivity contribution in [1.82, 2.24) is 4.31 Å². The van der Waals surface area contributed by atoms with Gasteiger partial charge in [0.1, 0.15) is 6.04 Å². The van der Waals surface area contributed by atoms with Crippen LogP contribution in [0.15, 0.2) is 17.0 Å². The van der Waals surface area contributed by atoms with E-state index >= 15 is 0 Å². The summed E-state index contributed by atoms with van der Waals surface area (Å²) in [5.41, 5.74) is 1.15. The number of sulfonamides is 1. The minimum absolute atomic E-state index is 0.0253. The van der Waals surface area contributed by atoms with Crippen LogP contribution in [0.5, 0.6) is 0 Å². The monoisotopic (exact) mass is 361 g/mol. The number of ether oxygens (including phenoxy) is 1. The number of carbonyl (C=O) groups is 1. The van der Waals surface area contributed by atoms with Crippen LogP contribution in [0.2, 0.25) is 5.02 Å². The zero-order chi connectivity index (χ0) is 17.4. The van der Waals surface area contributed by atoms with Crippen molar-refractivity contribution in [3.05, 3.63) is 28.3 Å². The van der Waals surface area contributed by atoms with E-state index in [0.29, 0.717) is 16.1 Å². The molecular formula is C15H20ClNO5S. The summed E-state index contributed by atoms with van der Waals surface area (Å²) in [6, 6.07) is 2.08. The first kappa shape index (κ1) is 18.2. The Morgan fingerprint density at radius 3 is 2.61 bits per heavy atom. The fourth-order valence-electron chi connectivity index (χ4n) is 2.72. The molecule has 0 saturated carbocycles. The lowest BCUT2D eigenvalue weighted by molar-refractivity contribution is -0.147. The van der Waals surface area contributed by atoms with E-state index in [4.69, 9.17) is 16.3 Å². The predicted octanol–water partition coefficient (Wildman–Crippen LogP) is 1.64. The Balaban J connectivity index is 2.49. The fourth-order valence-corrected chi connectivity index (χ4v) is 4.84. The van der Waals surface area contributed by atoms with E-state index in [9.17, 15) is 18.3 Å². The number of rotatable bonds is 3. The van der Waals surface area contributed by atoms with Crippen LogP contribution < -0.4 is 0 Å². The summed E-state index contributed by atoms with van der Waals surface area (Å²) < 4.78 is 31.8. The van der Waals surface area contributed by atoms with E-state index in [1.165, 1.54) is 13.2 Å². The highest BCUT2D eigenvalue weighted by Crippen LogP contribution is 2.30. The van der Waals surface area contributed by atoms with Crippen LogP contribution in [0.25, 0.3) is 0 Å². The second kappa shape index (κ2) is 6.76. The van der Waals surface area contributed by atoms with Crippen molar-refractivity contribution in [2.75, 3.05) is 13.7 Å². The van der Waals surface area contributed by atoms with Crippen LogP contribution in [-0.4, -0.2) is 49.6 Å². The summed E-state index contributed by atoms with van der Waals surface area (Å²) in [6.07, 6.45) is -0.422. The Labute approximate surface area is 141 Å². The normalized spacial score (nSPS) is 22.8. The number of piperidine rings is 1. The van der Waals surface area contributed by atoms with Gasteiger partial charge in [-0.05, 0) is 43.5 Å². The van der Waals surface area contributed by atoms with E-state index in [0.717, 1.165) is 4.31 Å². The molecule has 1 saturated heterocycles. The molecule has 0 aliphatic carbocycles. The summed E-state index contributed by atoms with van der Waals surface area (Å²) in [5.74, 6) is -0.671. The number of aliphatic hydroxyl groups is 1. The Morgan fingerprint density at radius 1 is 1.35 bits per heavy atom. The summed E-state index contributed by atoms with van der Waals surface area (Å²) >= 11 is 6.03. The number of methoxy groups -OCH3 is 1. The molecule has 0 aromatic heterocycles. The molecule has 0 radical (unpaired) electrons. The number of esters is 1. The molecule has 1 aliphatic rings. The Morgan fingerprint density at radius 2 is 2.00 bits per heavy atom. The molecule has 0 unspecified atom stereocenters. The maximum absolute atomic E-state index is 13.0. The van der Waals surface area contributed by atoms with Gasteiger partial charge >= 0.3 is 5.97 Å². The first-order valence-corrected chi connectivity index (χ1v) is 9.04. The van der Waals surface area contributed by atoms with E-state index in [1.807, 2.05) is 0 Å². The van der Waals surface area contributed by atoms with Gasteiger partial charge < -0.3 is 9.84 Å². The second-order valence-corrected chi connectivity index (χ2v) is 7.97. The lowest BCUT2D eigenvalue weighted by Gasteiger charge is -2.35. The number of benzene rings is 1. The molecule has 2 rings (SSSR count). The van der Waals surface area contributed by atoms with Gasteiger partial charge in [-0.15, -0.1) is 0 Å². The summed E-state index contributed by atoms with van der Waals surface area (Å²) in [7, 11) is -2.70. The molecule has 0 amide bonds. The summed E-state index contributed by atoms with van der Waals surface area (Å²) in [5, 5.41) is 10.3. The summed E-state index contributed by atoms with van der Waals surface area (Å²) in [6.45, 7) is 3.44. The van der Waals surface area contributed by atoms with Crippen LogP contribution in [-0.2, 0) is 19.6 Å². The van der Waals surface area contributed by atoms with Crippen molar-refractivity contribution in [2.45, 2.75) is 43.7 Å². The van der Waals surface area contributed by atoms with E-state index in [-0.39, 0.29) is 24.3 Å². The smallest absolute Gasteiger partial charge is 0.324 e. The first-order chi connectivity index (χ1) is 10.7. The molecular weight excluding hydrogens is 342 g/mol. The van der Waals surface area contributed by atoms with Gasteiger partial charge in [0.2, 0.25) is 10.0 Å². The van der Waals surface area contributed by atoms with Gasteiger partial charge in [0.25, 0.3) is 0 Å². The molecule has 1 aromatic carbocycles. The van der Waals surface area contributed by atoms with Gasteiger partial charge in [-0.2, -0.15) is 4.31 Å². The molecule has 2 atom stereocenters. The highest BCUT2D eigenvalue weighted by atomic mass is 35.5. The number of aliphatic hydroxyl groups excluding tert-OH is 1. The van der Waals surface area contributed by atoms with Gasteiger partial charge in [0.05, 0.1) is 18.1 Å². The molecule has 0 spiro atoms. The minimum atomic E-state index is -3.90. The predicted molar refractivity (Wildman–Crippen MR) is 85.9 cm³/mol. The number of aryl methyl sites for hydroxylation is 2. The van der Waals surface area contributed by atoms with Crippen molar-refractivity contribution in [3.63, 3.8) is 0 Å². The van der Waals surface area contributed by atoms with Gasteiger partial charge in [0, 0.05) is 18.0 Å². The average Bonchev–Trinajstić information content (AvgIpc) is 2.49. The number of nitrogens with zero attached hydrogens (tertiary/aromatic N) is 1. The van der Waals surface area contributed by atoms with Crippen LogP contribution in [0.1, 0.15) is 24.0 Å².